The quantitative estimate of drug-likeness (QED) is 0.747. The molecule has 0 fully saturated rings. The number of aliphatic hydroxyl groups is 1. The number of carbonyl (C=O) groups is 1. The molecule has 0 aliphatic carbocycles. The predicted molar refractivity (Wildman–Crippen MR) is 98.4 cm³/mol. The zero-order valence-corrected chi connectivity index (χ0v) is 15.7. The smallest absolute Gasteiger partial charge is 0.256 e. The van der Waals surface area contributed by atoms with Gasteiger partial charge in [0.05, 0.1) is 18.2 Å². The highest BCUT2D eigenvalue weighted by Crippen LogP contribution is 2.26. The third-order valence-electron chi connectivity index (χ3n) is 4.70. The van der Waals surface area contributed by atoms with Gasteiger partial charge in [-0.25, -0.2) is 4.39 Å². The van der Waals surface area contributed by atoms with E-state index >= 15 is 0 Å². The van der Waals surface area contributed by atoms with Crippen LogP contribution in [0.3, 0.4) is 0 Å². The SMILES string of the molecule is Cc1cc(-n2c(C)cc(C(=O)N(C)[C@@H](CO)c3cccc(F)c3)c2C)no1. The summed E-state index contributed by atoms with van der Waals surface area (Å²) >= 11 is 0. The molecule has 1 aromatic carbocycles. The van der Waals surface area contributed by atoms with Crippen LogP contribution < -0.4 is 0 Å². The maximum absolute atomic E-state index is 13.6. The third-order valence-corrected chi connectivity index (χ3v) is 4.70. The van der Waals surface area contributed by atoms with Gasteiger partial charge in [0.25, 0.3) is 5.91 Å². The Labute approximate surface area is 156 Å². The van der Waals surface area contributed by atoms with Gasteiger partial charge in [-0.05, 0) is 44.5 Å². The van der Waals surface area contributed by atoms with Crippen LogP contribution in [-0.2, 0) is 0 Å². The molecule has 0 saturated carbocycles. The van der Waals surface area contributed by atoms with Crippen molar-refractivity contribution in [2.24, 2.45) is 0 Å². The molecular formula is C20H22FN3O3. The molecule has 27 heavy (non-hydrogen) atoms. The monoisotopic (exact) mass is 371 g/mol. The number of hydrogen-bond acceptors (Lipinski definition) is 4. The first-order chi connectivity index (χ1) is 12.8. The third kappa shape index (κ3) is 3.50. The number of likely N-dealkylation sites (N-methyl/N-ethyl adjacent to an activating group) is 1. The minimum absolute atomic E-state index is 0.266. The molecular weight excluding hydrogens is 349 g/mol. The highest BCUT2D eigenvalue weighted by atomic mass is 19.1. The molecule has 6 nitrogen and oxygen atoms in total. The fraction of sp³-hybridized carbons (Fsp3) is 0.300. The minimum Gasteiger partial charge on any atom is -0.394 e. The van der Waals surface area contributed by atoms with Crippen molar-refractivity contribution < 1.29 is 18.8 Å². The normalized spacial score (nSPS) is 12.2. The molecule has 0 saturated heterocycles. The van der Waals surface area contributed by atoms with Crippen molar-refractivity contribution in [2.75, 3.05) is 13.7 Å². The van der Waals surface area contributed by atoms with Gasteiger partial charge in [-0.15, -0.1) is 0 Å². The van der Waals surface area contributed by atoms with Crippen molar-refractivity contribution in [3.63, 3.8) is 0 Å². The van der Waals surface area contributed by atoms with Crippen LogP contribution in [0.25, 0.3) is 5.82 Å². The first-order valence-corrected chi connectivity index (χ1v) is 8.59. The van der Waals surface area contributed by atoms with Crippen LogP contribution in [0.5, 0.6) is 0 Å². The molecule has 0 unspecified atom stereocenters. The highest BCUT2D eigenvalue weighted by Gasteiger charge is 2.26. The lowest BCUT2D eigenvalue weighted by molar-refractivity contribution is 0.0657. The number of rotatable bonds is 5. The van der Waals surface area contributed by atoms with Gasteiger partial charge in [0.1, 0.15) is 11.6 Å². The molecule has 0 bridgehead atoms. The molecule has 3 aromatic rings. The number of amides is 1. The van der Waals surface area contributed by atoms with Gasteiger partial charge in [-0.3, -0.25) is 9.36 Å². The van der Waals surface area contributed by atoms with Crippen molar-refractivity contribution in [2.45, 2.75) is 26.8 Å². The van der Waals surface area contributed by atoms with Gasteiger partial charge in [0.2, 0.25) is 0 Å². The fourth-order valence-corrected chi connectivity index (χ4v) is 3.29. The van der Waals surface area contributed by atoms with Gasteiger partial charge < -0.3 is 14.5 Å². The summed E-state index contributed by atoms with van der Waals surface area (Å²) in [5.74, 6) is 0.603. The molecule has 0 aliphatic rings. The van der Waals surface area contributed by atoms with Gasteiger partial charge in [-0.2, -0.15) is 0 Å². The highest BCUT2D eigenvalue weighted by molar-refractivity contribution is 5.96. The molecule has 1 atom stereocenters. The average molecular weight is 371 g/mol. The Bertz CT molecular complexity index is 977. The van der Waals surface area contributed by atoms with Crippen LogP contribution >= 0.6 is 0 Å². The Balaban J connectivity index is 1.95. The van der Waals surface area contributed by atoms with E-state index in [1.807, 2.05) is 18.4 Å². The largest absolute Gasteiger partial charge is 0.394 e. The van der Waals surface area contributed by atoms with Gasteiger partial charge in [0.15, 0.2) is 5.82 Å². The van der Waals surface area contributed by atoms with Crippen molar-refractivity contribution >= 4 is 5.91 Å². The summed E-state index contributed by atoms with van der Waals surface area (Å²) in [6.45, 7) is 5.19. The number of aromatic nitrogens is 2. The molecule has 0 radical (unpaired) electrons. The molecule has 142 valence electrons. The van der Waals surface area contributed by atoms with E-state index in [-0.39, 0.29) is 12.5 Å². The van der Waals surface area contributed by atoms with Crippen LogP contribution in [0.15, 0.2) is 40.9 Å². The summed E-state index contributed by atoms with van der Waals surface area (Å²) in [5, 5.41) is 13.8. The Morgan fingerprint density at radius 2 is 2.04 bits per heavy atom. The number of halogens is 1. The van der Waals surface area contributed by atoms with Crippen LogP contribution in [0.1, 0.15) is 39.1 Å². The summed E-state index contributed by atoms with van der Waals surface area (Å²) in [4.78, 5) is 14.5. The Hall–Kier alpha value is -2.93. The number of aliphatic hydroxyl groups excluding tert-OH is 1. The van der Waals surface area contributed by atoms with E-state index in [1.54, 1.807) is 38.2 Å². The van der Waals surface area contributed by atoms with Crippen LogP contribution in [0, 0.1) is 26.6 Å². The molecule has 0 aliphatic heterocycles. The van der Waals surface area contributed by atoms with Crippen molar-refractivity contribution in [3.05, 3.63) is 70.5 Å². The van der Waals surface area contributed by atoms with Crippen LogP contribution in [-0.4, -0.2) is 39.3 Å². The topological polar surface area (TPSA) is 71.5 Å². The van der Waals surface area contributed by atoms with Crippen molar-refractivity contribution in [1.82, 2.24) is 14.6 Å². The first-order valence-electron chi connectivity index (χ1n) is 8.59. The van der Waals surface area contributed by atoms with E-state index in [2.05, 4.69) is 5.16 Å². The van der Waals surface area contributed by atoms with E-state index in [0.29, 0.717) is 28.4 Å². The summed E-state index contributed by atoms with van der Waals surface area (Å²) in [5.41, 5.74) is 2.58. The van der Waals surface area contributed by atoms with E-state index < -0.39 is 11.9 Å². The van der Waals surface area contributed by atoms with Crippen LogP contribution in [0.2, 0.25) is 0 Å². The number of benzene rings is 1. The summed E-state index contributed by atoms with van der Waals surface area (Å²) in [6, 6.07) is 8.82. The molecule has 2 aromatic heterocycles. The van der Waals surface area contributed by atoms with Gasteiger partial charge in [-0.1, -0.05) is 17.3 Å². The fourth-order valence-electron chi connectivity index (χ4n) is 3.29. The zero-order valence-electron chi connectivity index (χ0n) is 15.7. The molecule has 3 rings (SSSR count). The molecule has 0 spiro atoms. The lowest BCUT2D eigenvalue weighted by Crippen LogP contribution is -2.33. The number of hydrogen-bond donors (Lipinski definition) is 1. The Kier molecular flexibility index (Phi) is 5.14. The Morgan fingerprint density at radius 1 is 1.30 bits per heavy atom. The minimum atomic E-state index is -0.648. The predicted octanol–water partition coefficient (Wildman–Crippen LogP) is 3.34. The molecule has 1 N–H and O–H groups in total. The maximum Gasteiger partial charge on any atom is 0.256 e. The summed E-state index contributed by atoms with van der Waals surface area (Å²) in [7, 11) is 1.60. The van der Waals surface area contributed by atoms with E-state index in [9.17, 15) is 14.3 Å². The number of aryl methyl sites for hydroxylation is 2. The summed E-state index contributed by atoms with van der Waals surface area (Å²) in [6.07, 6.45) is 0. The lowest BCUT2D eigenvalue weighted by Gasteiger charge is -2.27. The van der Waals surface area contributed by atoms with Crippen molar-refractivity contribution in [3.8, 4) is 5.82 Å². The second-order valence-corrected chi connectivity index (χ2v) is 6.59. The standard InChI is InChI=1S/C20H22FN3O3/c1-12-8-17(14(3)24(12)19-9-13(2)27-22-19)20(26)23(4)18(11-25)15-6-5-7-16(21)10-15/h5-10,18,25H,11H2,1-4H3/t18-/m0/s1. The second kappa shape index (κ2) is 7.36. The first kappa shape index (κ1) is 18.8. The lowest BCUT2D eigenvalue weighted by atomic mass is 10.1. The molecule has 1 amide bonds. The van der Waals surface area contributed by atoms with Gasteiger partial charge in [0, 0.05) is 24.5 Å². The number of carbonyl (C=O) groups excluding carboxylic acids is 1. The molecule has 7 heteroatoms. The van der Waals surface area contributed by atoms with E-state index in [4.69, 9.17) is 4.52 Å². The maximum atomic E-state index is 13.6. The average Bonchev–Trinajstić information content (AvgIpc) is 3.17. The van der Waals surface area contributed by atoms with Gasteiger partial charge >= 0.3 is 0 Å². The Morgan fingerprint density at radius 3 is 2.63 bits per heavy atom. The summed E-state index contributed by atoms with van der Waals surface area (Å²) < 4.78 is 20.5. The van der Waals surface area contributed by atoms with Crippen LogP contribution in [0.4, 0.5) is 4.39 Å². The zero-order chi connectivity index (χ0) is 19.7. The van der Waals surface area contributed by atoms with Crippen molar-refractivity contribution in [1.29, 1.82) is 0 Å². The van der Waals surface area contributed by atoms with E-state index in [1.165, 1.54) is 17.0 Å². The second-order valence-electron chi connectivity index (χ2n) is 6.59. The van der Waals surface area contributed by atoms with E-state index in [0.717, 1.165) is 5.69 Å². The molecule has 2 heterocycles. The number of nitrogens with zero attached hydrogens (tertiary/aromatic N) is 3.